The van der Waals surface area contributed by atoms with Crippen LogP contribution in [0, 0.1) is 0 Å². The normalized spacial score (nSPS) is 10.2. The highest BCUT2D eigenvalue weighted by Gasteiger charge is 2.05. The number of anilines is 1. The Bertz CT molecular complexity index is 466. The maximum Gasteiger partial charge on any atom is 0.356 e. The molecular formula is C9H10N4O2S. The van der Waals surface area contributed by atoms with Crippen LogP contribution in [0.4, 0.5) is 5.13 Å². The minimum absolute atomic E-state index is 0.0641. The first-order valence-electron chi connectivity index (χ1n) is 4.64. The van der Waals surface area contributed by atoms with Crippen molar-refractivity contribution in [3.8, 4) is 0 Å². The summed E-state index contributed by atoms with van der Waals surface area (Å²) in [6.45, 7) is 1.34. The van der Waals surface area contributed by atoms with Crippen molar-refractivity contribution in [2.45, 2.75) is 6.54 Å². The molecule has 0 bridgehead atoms. The van der Waals surface area contributed by atoms with Crippen molar-refractivity contribution < 1.29 is 9.90 Å². The summed E-state index contributed by atoms with van der Waals surface area (Å²) in [5.41, 5.74) is 0.0641. The summed E-state index contributed by atoms with van der Waals surface area (Å²) in [4.78, 5) is 18.4. The molecule has 0 amide bonds. The van der Waals surface area contributed by atoms with E-state index >= 15 is 0 Å². The highest BCUT2D eigenvalue weighted by molar-refractivity contribution is 7.13. The minimum Gasteiger partial charge on any atom is -0.476 e. The van der Waals surface area contributed by atoms with E-state index in [2.05, 4.69) is 15.3 Å². The van der Waals surface area contributed by atoms with Crippen molar-refractivity contribution >= 4 is 22.4 Å². The first-order valence-corrected chi connectivity index (χ1v) is 5.52. The third kappa shape index (κ3) is 2.57. The molecule has 0 saturated carbocycles. The molecular weight excluding hydrogens is 228 g/mol. The Hall–Kier alpha value is -1.89. The van der Waals surface area contributed by atoms with Gasteiger partial charge in [-0.25, -0.2) is 14.8 Å². The molecule has 0 aliphatic carbocycles. The number of nitrogens with zero attached hydrogens (tertiary/aromatic N) is 3. The second kappa shape index (κ2) is 4.75. The number of thiazole rings is 1. The topological polar surface area (TPSA) is 80.0 Å². The summed E-state index contributed by atoms with van der Waals surface area (Å²) in [7, 11) is 0. The molecule has 2 heterocycles. The minimum atomic E-state index is -1.01. The molecule has 0 aromatic carbocycles. The highest BCUT2D eigenvalue weighted by atomic mass is 32.1. The first-order chi connectivity index (χ1) is 7.75. The average Bonchev–Trinajstić information content (AvgIpc) is 2.87. The fraction of sp³-hybridized carbons (Fsp3) is 0.222. The number of nitrogens with one attached hydrogen (secondary N) is 1. The van der Waals surface area contributed by atoms with E-state index < -0.39 is 5.97 Å². The number of hydrogen-bond donors (Lipinski definition) is 2. The number of aromatic carboxylic acids is 1. The molecule has 0 saturated heterocycles. The molecule has 0 aliphatic rings. The maximum absolute atomic E-state index is 10.6. The van der Waals surface area contributed by atoms with Gasteiger partial charge in [0.15, 0.2) is 10.8 Å². The Kier molecular flexibility index (Phi) is 3.16. The van der Waals surface area contributed by atoms with Crippen LogP contribution in [-0.2, 0) is 6.54 Å². The van der Waals surface area contributed by atoms with E-state index in [1.165, 1.54) is 23.9 Å². The standard InChI is InChI=1S/C9H10N4O2S/c14-8(15)7-5-13(6-12-7)3-1-10-9-11-2-4-16-9/h2,4-6H,1,3H2,(H,10,11)(H,14,15). The third-order valence-electron chi connectivity index (χ3n) is 1.93. The van der Waals surface area contributed by atoms with Gasteiger partial charge in [0.25, 0.3) is 0 Å². The fourth-order valence-electron chi connectivity index (χ4n) is 1.20. The lowest BCUT2D eigenvalue weighted by Crippen LogP contribution is -2.09. The van der Waals surface area contributed by atoms with Crippen LogP contribution in [-0.4, -0.2) is 32.2 Å². The number of hydrogen-bond acceptors (Lipinski definition) is 5. The zero-order valence-corrected chi connectivity index (χ0v) is 9.15. The zero-order valence-electron chi connectivity index (χ0n) is 8.33. The monoisotopic (exact) mass is 238 g/mol. The number of carbonyl (C=O) groups is 1. The van der Waals surface area contributed by atoms with Crippen LogP contribution in [0.25, 0.3) is 0 Å². The lowest BCUT2D eigenvalue weighted by molar-refractivity contribution is 0.0691. The summed E-state index contributed by atoms with van der Waals surface area (Å²) in [6.07, 6.45) is 4.74. The van der Waals surface area contributed by atoms with Crippen LogP contribution in [0.3, 0.4) is 0 Å². The molecule has 84 valence electrons. The smallest absolute Gasteiger partial charge is 0.356 e. The quantitative estimate of drug-likeness (QED) is 0.816. The van der Waals surface area contributed by atoms with Crippen molar-refractivity contribution in [1.29, 1.82) is 0 Å². The van der Waals surface area contributed by atoms with Crippen molar-refractivity contribution in [1.82, 2.24) is 14.5 Å². The Morgan fingerprint density at radius 3 is 3.06 bits per heavy atom. The summed E-state index contributed by atoms with van der Waals surface area (Å²) in [5, 5.41) is 14.5. The average molecular weight is 238 g/mol. The second-order valence-corrected chi connectivity index (χ2v) is 3.96. The van der Waals surface area contributed by atoms with Crippen LogP contribution < -0.4 is 5.32 Å². The Labute approximate surface area is 95.6 Å². The number of carboxylic acid groups (broad SMARTS) is 1. The predicted octanol–water partition coefficient (Wildman–Crippen LogP) is 1.15. The van der Waals surface area contributed by atoms with Crippen LogP contribution in [0.2, 0.25) is 0 Å². The van der Waals surface area contributed by atoms with Gasteiger partial charge in [0.2, 0.25) is 0 Å². The molecule has 7 heteroatoms. The lowest BCUT2D eigenvalue weighted by Gasteiger charge is -2.02. The molecule has 2 rings (SSSR count). The van der Waals surface area contributed by atoms with Crippen LogP contribution in [0.5, 0.6) is 0 Å². The van der Waals surface area contributed by atoms with Crippen LogP contribution in [0.1, 0.15) is 10.5 Å². The SMILES string of the molecule is O=C(O)c1cn(CCNc2nccs2)cn1. The van der Waals surface area contributed by atoms with Crippen LogP contribution in [0.15, 0.2) is 24.1 Å². The van der Waals surface area contributed by atoms with E-state index in [4.69, 9.17) is 5.11 Å². The van der Waals surface area contributed by atoms with Gasteiger partial charge in [-0.15, -0.1) is 11.3 Å². The van der Waals surface area contributed by atoms with Gasteiger partial charge in [0.1, 0.15) is 0 Å². The fourth-order valence-corrected chi connectivity index (χ4v) is 1.75. The molecule has 0 atom stereocenters. The van der Waals surface area contributed by atoms with E-state index in [0.29, 0.717) is 13.1 Å². The molecule has 2 N–H and O–H groups in total. The van der Waals surface area contributed by atoms with Gasteiger partial charge in [-0.3, -0.25) is 0 Å². The van der Waals surface area contributed by atoms with E-state index in [-0.39, 0.29) is 5.69 Å². The maximum atomic E-state index is 10.6. The molecule has 2 aromatic heterocycles. The van der Waals surface area contributed by atoms with Gasteiger partial charge in [-0.05, 0) is 0 Å². The first kappa shape index (κ1) is 10.6. The lowest BCUT2D eigenvalue weighted by atomic mass is 10.5. The van der Waals surface area contributed by atoms with Crippen molar-refractivity contribution in [2.24, 2.45) is 0 Å². The zero-order chi connectivity index (χ0) is 11.4. The van der Waals surface area contributed by atoms with E-state index in [1.807, 2.05) is 5.38 Å². The predicted molar refractivity (Wildman–Crippen MR) is 59.8 cm³/mol. The molecule has 6 nitrogen and oxygen atoms in total. The van der Waals surface area contributed by atoms with Gasteiger partial charge < -0.3 is 15.0 Å². The van der Waals surface area contributed by atoms with Gasteiger partial charge in [-0.2, -0.15) is 0 Å². The number of carboxylic acids is 1. The number of imidazole rings is 1. The van der Waals surface area contributed by atoms with Gasteiger partial charge in [-0.1, -0.05) is 0 Å². The molecule has 0 fully saturated rings. The van der Waals surface area contributed by atoms with Crippen molar-refractivity contribution in [2.75, 3.05) is 11.9 Å². The Balaban J connectivity index is 1.83. The van der Waals surface area contributed by atoms with Gasteiger partial charge in [0, 0.05) is 30.9 Å². The molecule has 0 aliphatic heterocycles. The molecule has 2 aromatic rings. The summed E-state index contributed by atoms with van der Waals surface area (Å²) >= 11 is 1.53. The Morgan fingerprint density at radius 1 is 1.56 bits per heavy atom. The summed E-state index contributed by atoms with van der Waals surface area (Å²) < 4.78 is 1.73. The second-order valence-electron chi connectivity index (χ2n) is 3.07. The number of aromatic nitrogens is 3. The summed E-state index contributed by atoms with van der Waals surface area (Å²) in [6, 6.07) is 0. The summed E-state index contributed by atoms with van der Waals surface area (Å²) in [5.74, 6) is -1.01. The Morgan fingerprint density at radius 2 is 2.44 bits per heavy atom. The van der Waals surface area contributed by atoms with Crippen molar-refractivity contribution in [3.05, 3.63) is 29.8 Å². The molecule has 0 spiro atoms. The van der Waals surface area contributed by atoms with Crippen molar-refractivity contribution in [3.63, 3.8) is 0 Å². The van der Waals surface area contributed by atoms with E-state index in [9.17, 15) is 4.79 Å². The van der Waals surface area contributed by atoms with E-state index in [0.717, 1.165) is 5.13 Å². The largest absolute Gasteiger partial charge is 0.476 e. The number of rotatable bonds is 5. The molecule has 16 heavy (non-hydrogen) atoms. The van der Waals surface area contributed by atoms with E-state index in [1.54, 1.807) is 10.8 Å². The van der Waals surface area contributed by atoms with Crippen LogP contribution >= 0.6 is 11.3 Å². The highest BCUT2D eigenvalue weighted by Crippen LogP contribution is 2.09. The van der Waals surface area contributed by atoms with Gasteiger partial charge >= 0.3 is 5.97 Å². The van der Waals surface area contributed by atoms with Gasteiger partial charge in [0.05, 0.1) is 6.33 Å². The molecule has 0 radical (unpaired) electrons. The third-order valence-corrected chi connectivity index (χ3v) is 2.66. The molecule has 0 unspecified atom stereocenters.